The summed E-state index contributed by atoms with van der Waals surface area (Å²) < 4.78 is 18.3. The largest absolute Gasteiger partial charge is 0.505 e. The van der Waals surface area contributed by atoms with Crippen LogP contribution in [0.3, 0.4) is 0 Å². The quantitative estimate of drug-likeness (QED) is 0.297. The van der Waals surface area contributed by atoms with Crippen LogP contribution in [-0.2, 0) is 11.3 Å². The van der Waals surface area contributed by atoms with Crippen molar-refractivity contribution in [2.75, 3.05) is 26.8 Å². The minimum absolute atomic E-state index is 0. The Morgan fingerprint density at radius 1 is 1.40 bits per heavy atom. The van der Waals surface area contributed by atoms with Crippen LogP contribution in [0.15, 0.2) is 23.2 Å². The highest BCUT2D eigenvalue weighted by Crippen LogP contribution is 2.15. The fourth-order valence-corrected chi connectivity index (χ4v) is 1.45. The van der Waals surface area contributed by atoms with E-state index >= 15 is 0 Å². The molecular weight excluding hydrogens is 376 g/mol. The summed E-state index contributed by atoms with van der Waals surface area (Å²) in [6, 6.07) is 4.27. The molecule has 3 N–H and O–H groups in total. The second-order valence-electron chi connectivity index (χ2n) is 3.84. The molecule has 20 heavy (non-hydrogen) atoms. The Labute approximate surface area is 135 Å². The Morgan fingerprint density at radius 2 is 2.15 bits per heavy atom. The zero-order valence-corrected chi connectivity index (χ0v) is 14.0. The first-order valence-electron chi connectivity index (χ1n) is 6.17. The SMILES string of the molecule is CCOCCNC(=NC)NCc1ccc(O)c(F)c1.I. The molecule has 0 radical (unpaired) electrons. The standard InChI is InChI=1S/C13H20FN3O2.HI/c1-3-19-7-6-16-13(15-2)17-9-10-4-5-12(18)11(14)8-10;/h4-5,8,18H,3,6-7,9H2,1-2H3,(H2,15,16,17);1H. The minimum atomic E-state index is -0.626. The summed E-state index contributed by atoms with van der Waals surface area (Å²) in [5.41, 5.74) is 0.725. The van der Waals surface area contributed by atoms with E-state index < -0.39 is 5.82 Å². The van der Waals surface area contributed by atoms with Gasteiger partial charge in [0.1, 0.15) is 0 Å². The van der Waals surface area contributed by atoms with Crippen molar-refractivity contribution >= 4 is 29.9 Å². The second-order valence-corrected chi connectivity index (χ2v) is 3.84. The van der Waals surface area contributed by atoms with Gasteiger partial charge in [-0.25, -0.2) is 4.39 Å². The number of hydrogen-bond donors (Lipinski definition) is 3. The van der Waals surface area contributed by atoms with E-state index in [9.17, 15) is 4.39 Å². The summed E-state index contributed by atoms with van der Waals surface area (Å²) in [4.78, 5) is 4.04. The van der Waals surface area contributed by atoms with Crippen molar-refractivity contribution in [2.45, 2.75) is 13.5 Å². The summed E-state index contributed by atoms with van der Waals surface area (Å²) in [5, 5.41) is 15.2. The van der Waals surface area contributed by atoms with Gasteiger partial charge in [0.2, 0.25) is 0 Å². The lowest BCUT2D eigenvalue weighted by molar-refractivity contribution is 0.152. The van der Waals surface area contributed by atoms with Gasteiger partial charge in [0.15, 0.2) is 17.5 Å². The number of nitrogens with one attached hydrogen (secondary N) is 2. The second kappa shape index (κ2) is 10.7. The highest BCUT2D eigenvalue weighted by atomic mass is 127. The molecule has 0 fully saturated rings. The molecular formula is C13H21FIN3O2. The molecule has 0 aliphatic rings. The Balaban J connectivity index is 0.00000361. The zero-order valence-electron chi connectivity index (χ0n) is 11.6. The molecule has 0 heterocycles. The van der Waals surface area contributed by atoms with E-state index in [0.717, 1.165) is 5.56 Å². The number of rotatable bonds is 6. The van der Waals surface area contributed by atoms with Crippen molar-refractivity contribution in [3.05, 3.63) is 29.6 Å². The molecule has 0 spiro atoms. The van der Waals surface area contributed by atoms with Crippen molar-refractivity contribution in [3.8, 4) is 5.75 Å². The summed E-state index contributed by atoms with van der Waals surface area (Å²) >= 11 is 0. The molecule has 1 aromatic carbocycles. The molecule has 0 atom stereocenters. The van der Waals surface area contributed by atoms with Gasteiger partial charge in [0, 0.05) is 26.7 Å². The van der Waals surface area contributed by atoms with E-state index in [-0.39, 0.29) is 29.7 Å². The molecule has 1 aromatic rings. The van der Waals surface area contributed by atoms with E-state index in [1.54, 1.807) is 13.1 Å². The first-order valence-corrected chi connectivity index (χ1v) is 6.17. The molecule has 0 saturated heterocycles. The molecule has 0 amide bonds. The number of guanidine groups is 1. The van der Waals surface area contributed by atoms with E-state index in [1.165, 1.54) is 12.1 Å². The Bertz CT molecular complexity index is 430. The molecule has 0 aliphatic carbocycles. The van der Waals surface area contributed by atoms with Gasteiger partial charge >= 0.3 is 0 Å². The fourth-order valence-electron chi connectivity index (χ4n) is 1.45. The number of hydrogen-bond acceptors (Lipinski definition) is 3. The molecule has 0 bridgehead atoms. The summed E-state index contributed by atoms with van der Waals surface area (Å²) in [6.07, 6.45) is 0. The van der Waals surface area contributed by atoms with Gasteiger partial charge in [-0.15, -0.1) is 24.0 Å². The monoisotopic (exact) mass is 397 g/mol. The van der Waals surface area contributed by atoms with Gasteiger partial charge in [0.25, 0.3) is 0 Å². The van der Waals surface area contributed by atoms with Gasteiger partial charge in [0.05, 0.1) is 6.61 Å². The summed E-state index contributed by atoms with van der Waals surface area (Å²) in [6.45, 7) is 4.29. The van der Waals surface area contributed by atoms with E-state index in [2.05, 4.69) is 15.6 Å². The smallest absolute Gasteiger partial charge is 0.191 e. The topological polar surface area (TPSA) is 65.9 Å². The van der Waals surface area contributed by atoms with Crippen molar-refractivity contribution in [1.82, 2.24) is 10.6 Å². The first kappa shape index (κ1) is 18.9. The van der Waals surface area contributed by atoms with Gasteiger partial charge in [-0.3, -0.25) is 4.99 Å². The predicted molar refractivity (Wildman–Crippen MR) is 88.2 cm³/mol. The highest BCUT2D eigenvalue weighted by Gasteiger charge is 2.02. The number of ether oxygens (including phenoxy) is 1. The molecule has 0 unspecified atom stereocenters. The van der Waals surface area contributed by atoms with Crippen LogP contribution >= 0.6 is 24.0 Å². The molecule has 5 nitrogen and oxygen atoms in total. The van der Waals surface area contributed by atoms with Crippen LogP contribution in [0.25, 0.3) is 0 Å². The van der Waals surface area contributed by atoms with Gasteiger partial charge in [-0.1, -0.05) is 6.07 Å². The number of aliphatic imine (C=N–C) groups is 1. The van der Waals surface area contributed by atoms with Crippen molar-refractivity contribution in [1.29, 1.82) is 0 Å². The molecule has 0 aromatic heterocycles. The minimum Gasteiger partial charge on any atom is -0.505 e. The highest BCUT2D eigenvalue weighted by molar-refractivity contribution is 14.0. The maximum Gasteiger partial charge on any atom is 0.191 e. The van der Waals surface area contributed by atoms with Crippen LogP contribution in [0.1, 0.15) is 12.5 Å². The average molecular weight is 397 g/mol. The van der Waals surface area contributed by atoms with Crippen LogP contribution in [0, 0.1) is 5.82 Å². The molecule has 1 rings (SSSR count). The van der Waals surface area contributed by atoms with E-state index in [1.807, 2.05) is 6.92 Å². The molecule has 114 valence electrons. The van der Waals surface area contributed by atoms with Crippen molar-refractivity contribution < 1.29 is 14.2 Å². The third-order valence-corrected chi connectivity index (χ3v) is 2.44. The number of phenols is 1. The lowest BCUT2D eigenvalue weighted by Gasteiger charge is -2.12. The van der Waals surface area contributed by atoms with Gasteiger partial charge in [-0.2, -0.15) is 0 Å². The molecule has 0 saturated carbocycles. The summed E-state index contributed by atoms with van der Waals surface area (Å²) in [7, 11) is 1.66. The van der Waals surface area contributed by atoms with Crippen LogP contribution in [0.2, 0.25) is 0 Å². The summed E-state index contributed by atoms with van der Waals surface area (Å²) in [5.74, 6) is -0.352. The lowest BCUT2D eigenvalue weighted by Crippen LogP contribution is -2.38. The average Bonchev–Trinajstić information content (AvgIpc) is 2.42. The number of benzene rings is 1. The third-order valence-electron chi connectivity index (χ3n) is 2.44. The third kappa shape index (κ3) is 6.90. The maximum atomic E-state index is 13.1. The zero-order chi connectivity index (χ0) is 14.1. The number of halogens is 2. The number of nitrogens with zero attached hydrogens (tertiary/aromatic N) is 1. The van der Waals surface area contributed by atoms with Crippen LogP contribution < -0.4 is 10.6 Å². The first-order chi connectivity index (χ1) is 9.17. The predicted octanol–water partition coefficient (Wildman–Crippen LogP) is 1.85. The lowest BCUT2D eigenvalue weighted by atomic mass is 10.2. The molecule has 0 aliphatic heterocycles. The molecule has 7 heteroatoms. The Morgan fingerprint density at radius 3 is 2.75 bits per heavy atom. The maximum absolute atomic E-state index is 13.1. The van der Waals surface area contributed by atoms with Crippen LogP contribution in [-0.4, -0.2) is 37.9 Å². The van der Waals surface area contributed by atoms with E-state index in [0.29, 0.717) is 32.3 Å². The van der Waals surface area contributed by atoms with Crippen molar-refractivity contribution in [3.63, 3.8) is 0 Å². The van der Waals surface area contributed by atoms with Gasteiger partial charge < -0.3 is 20.5 Å². The fraction of sp³-hybridized carbons (Fsp3) is 0.462. The van der Waals surface area contributed by atoms with Gasteiger partial charge in [-0.05, 0) is 24.6 Å². The van der Waals surface area contributed by atoms with Crippen molar-refractivity contribution in [2.24, 2.45) is 4.99 Å². The number of aromatic hydroxyl groups is 1. The van der Waals surface area contributed by atoms with Crippen LogP contribution in [0.4, 0.5) is 4.39 Å². The normalized spacial score (nSPS) is 10.8. The Hall–Kier alpha value is -1.09. The van der Waals surface area contributed by atoms with E-state index in [4.69, 9.17) is 9.84 Å². The van der Waals surface area contributed by atoms with Crippen LogP contribution in [0.5, 0.6) is 5.75 Å². The number of phenolic OH excluding ortho intramolecular Hbond substituents is 1. The Kier molecular flexibility index (Phi) is 10.1.